The number of carbonyl (C=O) groups excluding carboxylic acids is 1. The summed E-state index contributed by atoms with van der Waals surface area (Å²) in [5.41, 5.74) is 7.81. The van der Waals surface area contributed by atoms with Gasteiger partial charge in [-0.15, -0.1) is 0 Å². The molecule has 1 aliphatic rings. The molecule has 2 N–H and O–H groups in total. The first-order valence-corrected chi connectivity index (χ1v) is 6.90. The van der Waals surface area contributed by atoms with E-state index in [1.807, 2.05) is 12.1 Å². The zero-order valence-corrected chi connectivity index (χ0v) is 12.7. The standard InChI is InChI=1S/C15H22N2O4/c1-19-12-6-10-4-5-17(15(18)14(8-16)21-3)9-11(10)7-13(12)20-2/h6-7,14H,4-5,8-9,16H2,1-3H3. The van der Waals surface area contributed by atoms with E-state index in [0.717, 1.165) is 12.0 Å². The maximum atomic E-state index is 12.3. The Morgan fingerprint density at radius 1 is 1.24 bits per heavy atom. The lowest BCUT2D eigenvalue weighted by Gasteiger charge is -2.31. The lowest BCUT2D eigenvalue weighted by atomic mass is 9.98. The van der Waals surface area contributed by atoms with Crippen LogP contribution >= 0.6 is 0 Å². The average molecular weight is 294 g/mol. The lowest BCUT2D eigenvalue weighted by molar-refractivity contribution is -0.142. The van der Waals surface area contributed by atoms with Crippen LogP contribution in [0.2, 0.25) is 0 Å². The van der Waals surface area contributed by atoms with Crippen LogP contribution in [0.3, 0.4) is 0 Å². The Kier molecular flexibility index (Phi) is 5.03. The molecule has 0 radical (unpaired) electrons. The smallest absolute Gasteiger partial charge is 0.253 e. The molecule has 1 atom stereocenters. The molecule has 1 amide bonds. The lowest BCUT2D eigenvalue weighted by Crippen LogP contribution is -2.45. The Morgan fingerprint density at radius 2 is 1.86 bits per heavy atom. The van der Waals surface area contributed by atoms with Crippen LogP contribution < -0.4 is 15.2 Å². The van der Waals surface area contributed by atoms with E-state index in [1.54, 1.807) is 19.1 Å². The topological polar surface area (TPSA) is 74.0 Å². The Labute approximate surface area is 124 Å². The predicted octanol–water partition coefficient (Wildman–Crippen LogP) is 0.562. The third kappa shape index (κ3) is 3.11. The Bertz CT molecular complexity index is 515. The SMILES string of the molecule is COc1cc2c(cc1OC)CN(C(=O)C(CN)OC)CC2. The molecular weight excluding hydrogens is 272 g/mol. The highest BCUT2D eigenvalue weighted by molar-refractivity contribution is 5.81. The molecule has 116 valence electrons. The molecule has 0 spiro atoms. The molecule has 1 aromatic rings. The van der Waals surface area contributed by atoms with Gasteiger partial charge in [0.1, 0.15) is 6.10 Å². The van der Waals surface area contributed by atoms with Crippen LogP contribution in [0, 0.1) is 0 Å². The van der Waals surface area contributed by atoms with Crippen molar-refractivity contribution in [2.24, 2.45) is 5.73 Å². The van der Waals surface area contributed by atoms with Crippen LogP contribution in [0.15, 0.2) is 12.1 Å². The highest BCUT2D eigenvalue weighted by Gasteiger charge is 2.27. The van der Waals surface area contributed by atoms with Crippen molar-refractivity contribution in [3.8, 4) is 11.5 Å². The minimum atomic E-state index is -0.577. The maximum absolute atomic E-state index is 12.3. The second kappa shape index (κ2) is 6.78. The number of amides is 1. The number of carbonyl (C=O) groups is 1. The number of rotatable bonds is 5. The Morgan fingerprint density at radius 3 is 2.38 bits per heavy atom. The number of ether oxygens (including phenoxy) is 3. The van der Waals surface area contributed by atoms with Crippen molar-refractivity contribution in [1.82, 2.24) is 4.90 Å². The van der Waals surface area contributed by atoms with Gasteiger partial charge >= 0.3 is 0 Å². The van der Waals surface area contributed by atoms with Gasteiger partial charge in [0.2, 0.25) is 0 Å². The molecule has 0 saturated heterocycles. The van der Waals surface area contributed by atoms with Crippen LogP contribution in [0.4, 0.5) is 0 Å². The fourth-order valence-corrected chi connectivity index (χ4v) is 2.57. The molecule has 0 aliphatic carbocycles. The highest BCUT2D eigenvalue weighted by Crippen LogP contribution is 2.33. The van der Waals surface area contributed by atoms with Crippen molar-refractivity contribution in [2.75, 3.05) is 34.4 Å². The summed E-state index contributed by atoms with van der Waals surface area (Å²) in [6, 6.07) is 3.91. The minimum absolute atomic E-state index is 0.0690. The van der Waals surface area contributed by atoms with Crippen molar-refractivity contribution in [2.45, 2.75) is 19.1 Å². The van der Waals surface area contributed by atoms with E-state index >= 15 is 0 Å². The molecule has 1 aliphatic heterocycles. The van der Waals surface area contributed by atoms with Gasteiger partial charge < -0.3 is 24.8 Å². The summed E-state index contributed by atoms with van der Waals surface area (Å²) in [6.45, 7) is 1.38. The summed E-state index contributed by atoms with van der Waals surface area (Å²) in [6.07, 6.45) is 0.203. The fraction of sp³-hybridized carbons (Fsp3) is 0.533. The number of nitrogens with two attached hydrogens (primary N) is 1. The number of methoxy groups -OCH3 is 3. The first-order chi connectivity index (χ1) is 10.1. The van der Waals surface area contributed by atoms with E-state index in [0.29, 0.717) is 24.6 Å². The fourth-order valence-electron chi connectivity index (χ4n) is 2.57. The van der Waals surface area contributed by atoms with Crippen molar-refractivity contribution >= 4 is 5.91 Å². The van der Waals surface area contributed by atoms with Crippen molar-refractivity contribution in [3.63, 3.8) is 0 Å². The van der Waals surface area contributed by atoms with E-state index in [9.17, 15) is 4.79 Å². The molecule has 6 heteroatoms. The van der Waals surface area contributed by atoms with Gasteiger partial charge in [0.05, 0.1) is 14.2 Å². The monoisotopic (exact) mass is 294 g/mol. The van der Waals surface area contributed by atoms with Gasteiger partial charge in [0.15, 0.2) is 11.5 Å². The molecule has 1 heterocycles. The van der Waals surface area contributed by atoms with Gasteiger partial charge in [-0.05, 0) is 29.7 Å². The van der Waals surface area contributed by atoms with E-state index in [2.05, 4.69) is 0 Å². The first kappa shape index (κ1) is 15.6. The highest BCUT2D eigenvalue weighted by atomic mass is 16.5. The number of benzene rings is 1. The average Bonchev–Trinajstić information content (AvgIpc) is 2.53. The summed E-state index contributed by atoms with van der Waals surface area (Å²) in [5, 5.41) is 0. The second-order valence-corrected chi connectivity index (χ2v) is 4.95. The predicted molar refractivity (Wildman–Crippen MR) is 78.5 cm³/mol. The molecular formula is C15H22N2O4. The number of hydrogen-bond donors (Lipinski definition) is 1. The van der Waals surface area contributed by atoms with Gasteiger partial charge in [-0.25, -0.2) is 0 Å². The van der Waals surface area contributed by atoms with Gasteiger partial charge in [-0.2, -0.15) is 0 Å². The van der Waals surface area contributed by atoms with Crippen LogP contribution in [0.5, 0.6) is 11.5 Å². The number of nitrogens with zero attached hydrogens (tertiary/aromatic N) is 1. The van der Waals surface area contributed by atoms with Gasteiger partial charge in [0, 0.05) is 26.7 Å². The van der Waals surface area contributed by atoms with Crippen LogP contribution in [0.1, 0.15) is 11.1 Å². The normalized spacial score (nSPS) is 15.3. The first-order valence-electron chi connectivity index (χ1n) is 6.90. The van der Waals surface area contributed by atoms with Gasteiger partial charge in [-0.1, -0.05) is 0 Å². The summed E-state index contributed by atoms with van der Waals surface area (Å²) in [4.78, 5) is 14.1. The zero-order chi connectivity index (χ0) is 15.4. The van der Waals surface area contributed by atoms with E-state index in [1.165, 1.54) is 12.7 Å². The Hall–Kier alpha value is -1.79. The molecule has 0 aromatic heterocycles. The number of fused-ring (bicyclic) bond motifs is 1. The molecule has 0 saturated carbocycles. The van der Waals surface area contributed by atoms with Gasteiger partial charge in [-0.3, -0.25) is 4.79 Å². The molecule has 2 rings (SSSR count). The molecule has 1 aromatic carbocycles. The summed E-state index contributed by atoms with van der Waals surface area (Å²) >= 11 is 0. The van der Waals surface area contributed by atoms with Crippen LogP contribution in [-0.4, -0.2) is 51.3 Å². The molecule has 0 fully saturated rings. The van der Waals surface area contributed by atoms with Crippen LogP contribution in [0.25, 0.3) is 0 Å². The van der Waals surface area contributed by atoms with E-state index in [4.69, 9.17) is 19.9 Å². The number of hydrogen-bond acceptors (Lipinski definition) is 5. The van der Waals surface area contributed by atoms with E-state index in [-0.39, 0.29) is 12.5 Å². The van der Waals surface area contributed by atoms with E-state index < -0.39 is 6.10 Å². The maximum Gasteiger partial charge on any atom is 0.253 e. The molecule has 6 nitrogen and oxygen atoms in total. The third-order valence-corrected chi connectivity index (χ3v) is 3.80. The molecule has 1 unspecified atom stereocenters. The summed E-state index contributed by atoms with van der Waals surface area (Å²) in [5.74, 6) is 1.32. The minimum Gasteiger partial charge on any atom is -0.493 e. The Balaban J connectivity index is 2.22. The van der Waals surface area contributed by atoms with Crippen LogP contribution in [-0.2, 0) is 22.5 Å². The molecule has 21 heavy (non-hydrogen) atoms. The molecule has 0 bridgehead atoms. The van der Waals surface area contributed by atoms with Crippen molar-refractivity contribution in [1.29, 1.82) is 0 Å². The van der Waals surface area contributed by atoms with Crippen molar-refractivity contribution < 1.29 is 19.0 Å². The quantitative estimate of drug-likeness (QED) is 0.859. The zero-order valence-electron chi connectivity index (χ0n) is 12.7. The summed E-state index contributed by atoms with van der Waals surface area (Å²) in [7, 11) is 4.72. The largest absolute Gasteiger partial charge is 0.493 e. The summed E-state index contributed by atoms with van der Waals surface area (Å²) < 4.78 is 15.7. The second-order valence-electron chi connectivity index (χ2n) is 4.95. The van der Waals surface area contributed by atoms with Crippen molar-refractivity contribution in [3.05, 3.63) is 23.3 Å². The third-order valence-electron chi connectivity index (χ3n) is 3.80. The van der Waals surface area contributed by atoms with Gasteiger partial charge in [0.25, 0.3) is 5.91 Å².